The Bertz CT molecular complexity index is 806. The average molecular weight is 336 g/mol. The van der Waals surface area contributed by atoms with Crippen LogP contribution in [0.4, 0.5) is 5.82 Å². The summed E-state index contributed by atoms with van der Waals surface area (Å²) in [7, 11) is 1.82. The van der Waals surface area contributed by atoms with Crippen molar-refractivity contribution in [2.45, 2.75) is 32.2 Å². The number of carbonyl (C=O) groups excluding carboxylic acids is 1. The molecule has 5 heteroatoms. The Hall–Kier alpha value is -2.82. The number of aromatic nitrogens is 2. The Labute approximate surface area is 148 Å². The van der Waals surface area contributed by atoms with Crippen molar-refractivity contribution in [3.63, 3.8) is 0 Å². The molecule has 1 atom stereocenters. The SMILES string of the molecule is C=CN(/C=C\C)c1c(C(=O)NC2CCCc3ccccc32)cnn1C. The van der Waals surface area contributed by atoms with E-state index in [9.17, 15) is 4.79 Å². The van der Waals surface area contributed by atoms with Crippen LogP contribution in [-0.4, -0.2) is 15.7 Å². The number of nitrogens with zero attached hydrogens (tertiary/aromatic N) is 3. The molecule has 3 rings (SSSR count). The van der Waals surface area contributed by atoms with Gasteiger partial charge in [0.05, 0.1) is 12.2 Å². The lowest BCUT2D eigenvalue weighted by Crippen LogP contribution is -2.31. The Kier molecular flexibility index (Phi) is 5.03. The summed E-state index contributed by atoms with van der Waals surface area (Å²) in [4.78, 5) is 14.7. The highest BCUT2D eigenvalue weighted by Gasteiger charge is 2.25. The minimum atomic E-state index is -0.110. The van der Waals surface area contributed by atoms with E-state index in [0.717, 1.165) is 19.3 Å². The summed E-state index contributed by atoms with van der Waals surface area (Å²) < 4.78 is 1.69. The molecular weight excluding hydrogens is 312 g/mol. The summed E-state index contributed by atoms with van der Waals surface area (Å²) in [6.45, 7) is 5.75. The van der Waals surface area contributed by atoms with Gasteiger partial charge in [-0.15, -0.1) is 0 Å². The van der Waals surface area contributed by atoms with Crippen LogP contribution < -0.4 is 10.2 Å². The number of fused-ring (bicyclic) bond motifs is 1. The summed E-state index contributed by atoms with van der Waals surface area (Å²) in [5, 5.41) is 7.45. The predicted octanol–water partition coefficient (Wildman–Crippen LogP) is 3.71. The maximum absolute atomic E-state index is 12.9. The highest BCUT2D eigenvalue weighted by molar-refractivity contribution is 5.99. The van der Waals surface area contributed by atoms with Crippen LogP contribution in [0.3, 0.4) is 0 Å². The number of anilines is 1. The van der Waals surface area contributed by atoms with Crippen molar-refractivity contribution in [3.8, 4) is 0 Å². The Balaban J connectivity index is 1.87. The first-order valence-corrected chi connectivity index (χ1v) is 8.60. The summed E-state index contributed by atoms with van der Waals surface area (Å²) >= 11 is 0. The number of carbonyl (C=O) groups is 1. The van der Waals surface area contributed by atoms with Crippen molar-refractivity contribution >= 4 is 11.7 Å². The highest BCUT2D eigenvalue weighted by Crippen LogP contribution is 2.30. The number of allylic oxidation sites excluding steroid dienone is 1. The molecule has 0 saturated carbocycles. The van der Waals surface area contributed by atoms with Crippen LogP contribution in [0.25, 0.3) is 0 Å². The van der Waals surface area contributed by atoms with E-state index < -0.39 is 0 Å². The minimum Gasteiger partial charge on any atom is -0.345 e. The predicted molar refractivity (Wildman–Crippen MR) is 100 cm³/mol. The molecule has 0 aliphatic heterocycles. The Morgan fingerprint density at radius 1 is 1.44 bits per heavy atom. The molecule has 1 aromatic heterocycles. The van der Waals surface area contributed by atoms with E-state index in [1.165, 1.54) is 11.1 Å². The second-order valence-electron chi connectivity index (χ2n) is 6.19. The molecule has 0 spiro atoms. The van der Waals surface area contributed by atoms with E-state index in [4.69, 9.17) is 0 Å². The number of aryl methyl sites for hydroxylation is 2. The first-order valence-electron chi connectivity index (χ1n) is 8.60. The third-order valence-corrected chi connectivity index (χ3v) is 4.58. The van der Waals surface area contributed by atoms with Crippen LogP contribution in [0.15, 0.2) is 55.5 Å². The van der Waals surface area contributed by atoms with Crippen LogP contribution in [0, 0.1) is 0 Å². The zero-order chi connectivity index (χ0) is 17.8. The third-order valence-electron chi connectivity index (χ3n) is 4.58. The Morgan fingerprint density at radius 3 is 3.00 bits per heavy atom. The number of nitrogens with one attached hydrogen (secondary N) is 1. The molecule has 1 amide bonds. The molecule has 1 aliphatic rings. The van der Waals surface area contributed by atoms with Crippen LogP contribution in [0.5, 0.6) is 0 Å². The monoisotopic (exact) mass is 336 g/mol. The van der Waals surface area contributed by atoms with Gasteiger partial charge in [0, 0.05) is 19.4 Å². The number of benzene rings is 1. The molecule has 0 bridgehead atoms. The van der Waals surface area contributed by atoms with Gasteiger partial charge in [-0.05, 0) is 37.3 Å². The van der Waals surface area contributed by atoms with E-state index in [1.54, 1.807) is 22.0 Å². The fourth-order valence-electron chi connectivity index (χ4n) is 3.42. The molecule has 130 valence electrons. The van der Waals surface area contributed by atoms with Crippen LogP contribution in [-0.2, 0) is 13.5 Å². The lowest BCUT2D eigenvalue weighted by Gasteiger charge is -2.26. The zero-order valence-electron chi connectivity index (χ0n) is 14.8. The molecule has 0 radical (unpaired) electrons. The summed E-state index contributed by atoms with van der Waals surface area (Å²) in [5.41, 5.74) is 3.09. The van der Waals surface area contributed by atoms with Crippen LogP contribution >= 0.6 is 0 Å². The van der Waals surface area contributed by atoms with Crippen molar-refractivity contribution in [1.82, 2.24) is 15.1 Å². The molecule has 0 saturated heterocycles. The van der Waals surface area contributed by atoms with E-state index in [0.29, 0.717) is 11.4 Å². The second-order valence-corrected chi connectivity index (χ2v) is 6.19. The normalized spacial score (nSPS) is 16.5. The molecule has 0 fully saturated rings. The smallest absolute Gasteiger partial charge is 0.257 e. The maximum atomic E-state index is 12.9. The molecule has 1 N–H and O–H groups in total. The van der Waals surface area contributed by atoms with Crippen LogP contribution in [0.1, 0.15) is 47.3 Å². The number of amides is 1. The topological polar surface area (TPSA) is 50.2 Å². The molecule has 1 heterocycles. The fraction of sp³-hybridized carbons (Fsp3) is 0.300. The molecule has 2 aromatic rings. The lowest BCUT2D eigenvalue weighted by molar-refractivity contribution is 0.0933. The van der Waals surface area contributed by atoms with Gasteiger partial charge in [-0.2, -0.15) is 5.10 Å². The number of hydrogen-bond acceptors (Lipinski definition) is 3. The minimum absolute atomic E-state index is 0.0457. The van der Waals surface area contributed by atoms with Crippen molar-refractivity contribution < 1.29 is 4.79 Å². The Morgan fingerprint density at radius 2 is 2.24 bits per heavy atom. The molecule has 25 heavy (non-hydrogen) atoms. The van der Waals surface area contributed by atoms with Gasteiger partial charge in [0.25, 0.3) is 5.91 Å². The van der Waals surface area contributed by atoms with Gasteiger partial charge in [0.15, 0.2) is 0 Å². The van der Waals surface area contributed by atoms with Gasteiger partial charge < -0.3 is 10.2 Å². The average Bonchev–Trinajstić information content (AvgIpc) is 3.01. The molecular formula is C20H24N4O. The van der Waals surface area contributed by atoms with Gasteiger partial charge in [0.1, 0.15) is 11.4 Å². The molecule has 1 aromatic carbocycles. The molecule has 1 aliphatic carbocycles. The van der Waals surface area contributed by atoms with Gasteiger partial charge in [0.2, 0.25) is 0 Å². The number of rotatable bonds is 5. The highest BCUT2D eigenvalue weighted by atomic mass is 16.1. The standard InChI is InChI=1S/C20H24N4O/c1-4-13-24(5-2)20-17(14-21-23(20)3)19(25)22-18-12-8-10-15-9-6-7-11-16(15)18/h4-7,9,11,13-14,18H,2,8,10,12H2,1,3H3,(H,22,25)/b13-4-. The quantitative estimate of drug-likeness (QED) is 0.905. The lowest BCUT2D eigenvalue weighted by atomic mass is 9.87. The van der Waals surface area contributed by atoms with Crippen molar-refractivity contribution in [1.29, 1.82) is 0 Å². The maximum Gasteiger partial charge on any atom is 0.257 e. The zero-order valence-corrected chi connectivity index (χ0v) is 14.8. The van der Waals surface area contributed by atoms with E-state index in [-0.39, 0.29) is 11.9 Å². The molecule has 5 nitrogen and oxygen atoms in total. The van der Waals surface area contributed by atoms with Crippen LogP contribution in [0.2, 0.25) is 0 Å². The van der Waals surface area contributed by atoms with Gasteiger partial charge >= 0.3 is 0 Å². The van der Waals surface area contributed by atoms with Crippen molar-refractivity contribution in [3.05, 3.63) is 72.2 Å². The summed E-state index contributed by atoms with van der Waals surface area (Å²) in [5.74, 6) is 0.593. The van der Waals surface area contributed by atoms with Gasteiger partial charge in [-0.3, -0.25) is 9.48 Å². The third kappa shape index (κ3) is 3.36. The van der Waals surface area contributed by atoms with Crippen molar-refractivity contribution in [2.75, 3.05) is 4.90 Å². The van der Waals surface area contributed by atoms with E-state index in [1.807, 2.05) is 32.3 Å². The largest absolute Gasteiger partial charge is 0.345 e. The first kappa shape index (κ1) is 17.0. The summed E-state index contributed by atoms with van der Waals surface area (Å²) in [6.07, 6.45) is 10.2. The van der Waals surface area contributed by atoms with Crippen molar-refractivity contribution in [2.24, 2.45) is 7.05 Å². The fourth-order valence-corrected chi connectivity index (χ4v) is 3.42. The van der Waals surface area contributed by atoms with E-state index >= 15 is 0 Å². The van der Waals surface area contributed by atoms with E-state index in [2.05, 4.69) is 35.2 Å². The second kappa shape index (κ2) is 7.38. The first-order chi connectivity index (χ1) is 12.2. The van der Waals surface area contributed by atoms with Gasteiger partial charge in [-0.25, -0.2) is 0 Å². The molecule has 1 unspecified atom stereocenters. The van der Waals surface area contributed by atoms with Gasteiger partial charge in [-0.1, -0.05) is 36.9 Å². The summed E-state index contributed by atoms with van der Waals surface area (Å²) in [6, 6.07) is 8.39. The number of hydrogen-bond donors (Lipinski definition) is 1.